The predicted molar refractivity (Wildman–Crippen MR) is 79.2 cm³/mol. The first kappa shape index (κ1) is 14.0. The normalized spacial score (nSPS) is 15.1. The molecular weight excluding hydrogens is 258 g/mol. The van der Waals surface area contributed by atoms with Crippen LogP contribution in [0, 0.1) is 0 Å². The Balaban J connectivity index is 1.94. The average Bonchev–Trinajstić information content (AvgIpc) is 2.35. The molecule has 19 heavy (non-hydrogen) atoms. The van der Waals surface area contributed by atoms with Gasteiger partial charge in [0.25, 0.3) is 0 Å². The second-order valence-corrected chi connectivity index (χ2v) is 11.5. The smallest absolute Gasteiger partial charge is 0.248 e. The molecule has 1 aliphatic rings. The standard InChI is InChI=1S/C13H21N3O2Si/c1-19(2,3)8-7-18-10-16-11-5-4-6-14-13(11)15-9-12(16)17/h4-6H,7-10H2,1-3H3,(H,14,15). The number of pyridine rings is 1. The lowest BCUT2D eigenvalue weighted by Crippen LogP contribution is -2.41. The second-order valence-electron chi connectivity index (χ2n) is 5.89. The van der Waals surface area contributed by atoms with Crippen LogP contribution in [0.25, 0.3) is 0 Å². The number of anilines is 2. The van der Waals surface area contributed by atoms with Crippen molar-refractivity contribution < 1.29 is 9.53 Å². The Hall–Kier alpha value is -1.40. The molecule has 2 heterocycles. The van der Waals surface area contributed by atoms with E-state index in [1.54, 1.807) is 11.1 Å². The number of amides is 1. The first-order valence-corrected chi connectivity index (χ1v) is 10.2. The van der Waals surface area contributed by atoms with Crippen LogP contribution in [0.5, 0.6) is 0 Å². The van der Waals surface area contributed by atoms with Gasteiger partial charge in [0.1, 0.15) is 6.73 Å². The molecular formula is C13H21N3O2Si. The van der Waals surface area contributed by atoms with E-state index in [-0.39, 0.29) is 12.5 Å². The summed E-state index contributed by atoms with van der Waals surface area (Å²) in [4.78, 5) is 17.8. The van der Waals surface area contributed by atoms with Gasteiger partial charge in [0.15, 0.2) is 5.82 Å². The monoisotopic (exact) mass is 279 g/mol. The summed E-state index contributed by atoms with van der Waals surface area (Å²) in [5.41, 5.74) is 0.798. The molecule has 0 spiro atoms. The number of carbonyl (C=O) groups excluding carboxylic acids is 1. The van der Waals surface area contributed by atoms with E-state index >= 15 is 0 Å². The van der Waals surface area contributed by atoms with Crippen LogP contribution in [0.2, 0.25) is 25.7 Å². The van der Waals surface area contributed by atoms with Crippen LogP contribution in [0.3, 0.4) is 0 Å². The molecule has 0 radical (unpaired) electrons. The van der Waals surface area contributed by atoms with Gasteiger partial charge in [-0.05, 0) is 18.2 Å². The maximum atomic E-state index is 11.9. The Morgan fingerprint density at radius 2 is 2.26 bits per heavy atom. The minimum absolute atomic E-state index is 0.0218. The summed E-state index contributed by atoms with van der Waals surface area (Å²) in [7, 11) is -1.09. The third kappa shape index (κ3) is 3.78. The van der Waals surface area contributed by atoms with Crippen LogP contribution in [-0.4, -0.2) is 38.8 Å². The Bertz CT molecular complexity index is 459. The molecule has 0 aliphatic carbocycles. The molecule has 1 aliphatic heterocycles. The number of ether oxygens (including phenoxy) is 1. The lowest BCUT2D eigenvalue weighted by molar-refractivity contribution is -0.118. The van der Waals surface area contributed by atoms with Crippen LogP contribution in [-0.2, 0) is 9.53 Å². The molecule has 2 rings (SSSR count). The number of hydrogen-bond donors (Lipinski definition) is 1. The predicted octanol–water partition coefficient (Wildman–Crippen LogP) is 2.15. The summed E-state index contributed by atoms with van der Waals surface area (Å²) >= 11 is 0. The van der Waals surface area contributed by atoms with Gasteiger partial charge in [0.05, 0.1) is 12.2 Å². The Labute approximate surface area is 115 Å². The second kappa shape index (κ2) is 5.71. The molecule has 0 atom stereocenters. The van der Waals surface area contributed by atoms with Crippen LogP contribution in [0.4, 0.5) is 11.5 Å². The van der Waals surface area contributed by atoms with Crippen LogP contribution in [0.1, 0.15) is 0 Å². The lowest BCUT2D eigenvalue weighted by Gasteiger charge is -2.29. The molecule has 1 aromatic rings. The maximum absolute atomic E-state index is 11.9. The van der Waals surface area contributed by atoms with Gasteiger partial charge in [-0.1, -0.05) is 19.6 Å². The fraction of sp³-hybridized carbons (Fsp3) is 0.538. The van der Waals surface area contributed by atoms with Crippen molar-refractivity contribution in [1.29, 1.82) is 0 Å². The van der Waals surface area contributed by atoms with Crippen LogP contribution < -0.4 is 10.2 Å². The van der Waals surface area contributed by atoms with Crippen molar-refractivity contribution >= 4 is 25.5 Å². The first-order valence-electron chi connectivity index (χ1n) is 6.54. The Morgan fingerprint density at radius 3 is 3.00 bits per heavy atom. The van der Waals surface area contributed by atoms with E-state index < -0.39 is 8.07 Å². The summed E-state index contributed by atoms with van der Waals surface area (Å²) in [6, 6.07) is 4.82. The molecule has 0 saturated heterocycles. The molecule has 5 nitrogen and oxygen atoms in total. The quantitative estimate of drug-likeness (QED) is 0.663. The fourth-order valence-electron chi connectivity index (χ4n) is 1.82. The van der Waals surface area contributed by atoms with E-state index in [2.05, 4.69) is 29.9 Å². The topological polar surface area (TPSA) is 54.5 Å². The number of rotatable bonds is 5. The summed E-state index contributed by atoms with van der Waals surface area (Å²) in [5.74, 6) is 0.768. The minimum atomic E-state index is -1.09. The first-order chi connectivity index (χ1) is 8.97. The van der Waals surface area contributed by atoms with Gasteiger partial charge in [-0.2, -0.15) is 0 Å². The number of nitrogens with one attached hydrogen (secondary N) is 1. The van der Waals surface area contributed by atoms with Gasteiger partial charge < -0.3 is 10.1 Å². The zero-order valence-corrected chi connectivity index (χ0v) is 12.8. The number of aromatic nitrogens is 1. The van der Waals surface area contributed by atoms with E-state index in [1.807, 2.05) is 12.1 Å². The highest BCUT2D eigenvalue weighted by molar-refractivity contribution is 6.76. The molecule has 104 valence electrons. The highest BCUT2D eigenvalue weighted by Gasteiger charge is 2.24. The van der Waals surface area contributed by atoms with E-state index in [4.69, 9.17) is 4.74 Å². The van der Waals surface area contributed by atoms with Crippen molar-refractivity contribution in [3.63, 3.8) is 0 Å². The van der Waals surface area contributed by atoms with E-state index in [0.29, 0.717) is 13.3 Å². The largest absolute Gasteiger partial charge is 0.361 e. The van der Waals surface area contributed by atoms with Gasteiger partial charge in [0, 0.05) is 20.9 Å². The lowest BCUT2D eigenvalue weighted by atomic mass is 10.3. The molecule has 0 saturated carbocycles. The summed E-state index contributed by atoms with van der Waals surface area (Å²) in [5, 5.41) is 3.01. The van der Waals surface area contributed by atoms with Crippen LogP contribution in [0.15, 0.2) is 18.3 Å². The Kier molecular flexibility index (Phi) is 4.21. The van der Waals surface area contributed by atoms with Crippen molar-refractivity contribution in [3.05, 3.63) is 18.3 Å². The molecule has 0 aromatic carbocycles. The third-order valence-electron chi connectivity index (χ3n) is 3.00. The van der Waals surface area contributed by atoms with Crippen molar-refractivity contribution in [1.82, 2.24) is 4.98 Å². The molecule has 1 N–H and O–H groups in total. The molecule has 1 amide bonds. The number of carbonyl (C=O) groups is 1. The van der Waals surface area contributed by atoms with Gasteiger partial charge in [-0.15, -0.1) is 0 Å². The highest BCUT2D eigenvalue weighted by atomic mass is 28.3. The van der Waals surface area contributed by atoms with E-state index in [9.17, 15) is 4.79 Å². The average molecular weight is 279 g/mol. The number of hydrogen-bond acceptors (Lipinski definition) is 4. The van der Waals surface area contributed by atoms with Gasteiger partial charge in [-0.25, -0.2) is 4.98 Å². The van der Waals surface area contributed by atoms with Gasteiger partial charge >= 0.3 is 0 Å². The fourth-order valence-corrected chi connectivity index (χ4v) is 2.57. The molecule has 0 bridgehead atoms. The van der Waals surface area contributed by atoms with Crippen molar-refractivity contribution in [2.75, 3.05) is 30.1 Å². The number of fused-ring (bicyclic) bond motifs is 1. The summed E-state index contributed by atoms with van der Waals surface area (Å²) in [6.07, 6.45) is 1.71. The summed E-state index contributed by atoms with van der Waals surface area (Å²) < 4.78 is 5.66. The minimum Gasteiger partial charge on any atom is -0.361 e. The van der Waals surface area contributed by atoms with Crippen molar-refractivity contribution in [2.45, 2.75) is 25.7 Å². The highest BCUT2D eigenvalue weighted by Crippen LogP contribution is 2.26. The number of nitrogens with zero attached hydrogens (tertiary/aromatic N) is 2. The zero-order valence-electron chi connectivity index (χ0n) is 11.8. The van der Waals surface area contributed by atoms with Crippen molar-refractivity contribution in [2.24, 2.45) is 0 Å². The zero-order chi connectivity index (χ0) is 13.9. The molecule has 1 aromatic heterocycles. The Morgan fingerprint density at radius 1 is 1.47 bits per heavy atom. The summed E-state index contributed by atoms with van der Waals surface area (Å²) in [6.45, 7) is 8.23. The molecule has 0 unspecified atom stereocenters. The SMILES string of the molecule is C[Si](C)(C)CCOCN1C(=O)CNc2ncccc21. The van der Waals surface area contributed by atoms with Gasteiger partial charge in [0.2, 0.25) is 5.91 Å². The third-order valence-corrected chi connectivity index (χ3v) is 4.71. The molecule has 0 fully saturated rings. The van der Waals surface area contributed by atoms with E-state index in [1.165, 1.54) is 0 Å². The van der Waals surface area contributed by atoms with Crippen LogP contribution >= 0.6 is 0 Å². The van der Waals surface area contributed by atoms with Crippen molar-refractivity contribution in [3.8, 4) is 0 Å². The van der Waals surface area contributed by atoms with E-state index in [0.717, 1.165) is 17.5 Å². The maximum Gasteiger partial charge on any atom is 0.248 e. The van der Waals surface area contributed by atoms with Gasteiger partial charge in [-0.3, -0.25) is 9.69 Å². The molecule has 6 heteroatoms.